The van der Waals surface area contributed by atoms with Gasteiger partial charge in [0.2, 0.25) is 0 Å². The van der Waals surface area contributed by atoms with E-state index in [1.165, 1.54) is 6.92 Å². The van der Waals surface area contributed by atoms with Crippen LogP contribution in [0.25, 0.3) is 0 Å². The summed E-state index contributed by atoms with van der Waals surface area (Å²) in [5.41, 5.74) is 2.90. The monoisotopic (exact) mass is 509 g/mol. The second-order valence-corrected chi connectivity index (χ2v) is 9.74. The Bertz CT molecular complexity index is 1050. The second kappa shape index (κ2) is 13.6. The lowest BCUT2D eigenvalue weighted by Crippen LogP contribution is -2.55. The van der Waals surface area contributed by atoms with Gasteiger partial charge in [0.05, 0.1) is 26.4 Å². The van der Waals surface area contributed by atoms with Crippen molar-refractivity contribution in [1.29, 1.82) is 0 Å². The Morgan fingerprint density at radius 1 is 0.778 bits per heavy atom. The van der Waals surface area contributed by atoms with Gasteiger partial charge in [-0.05, 0) is 25.1 Å². The fraction of sp³-hybridized carbons (Fsp3) is 0.321. The van der Waals surface area contributed by atoms with Crippen molar-refractivity contribution in [2.75, 3.05) is 6.61 Å². The highest BCUT2D eigenvalue weighted by Gasteiger charge is 2.46. The van der Waals surface area contributed by atoms with Gasteiger partial charge in [-0.3, -0.25) is 4.79 Å². The van der Waals surface area contributed by atoms with E-state index in [1.807, 2.05) is 91.0 Å². The summed E-state index contributed by atoms with van der Waals surface area (Å²) in [6.07, 6.45) is -2.20. The van der Waals surface area contributed by atoms with E-state index in [0.717, 1.165) is 16.7 Å². The van der Waals surface area contributed by atoms with Gasteiger partial charge in [0.1, 0.15) is 18.3 Å². The second-order valence-electron chi connectivity index (χ2n) is 8.45. The fourth-order valence-electron chi connectivity index (χ4n) is 3.93. The molecule has 0 aliphatic carbocycles. The molecule has 36 heavy (non-hydrogen) atoms. The molecule has 190 valence electrons. The van der Waals surface area contributed by atoms with E-state index in [0.29, 0.717) is 6.61 Å². The molecule has 1 aliphatic rings. The summed E-state index contributed by atoms with van der Waals surface area (Å²) in [4.78, 5) is 24.9. The number of carbonyl (C=O) groups excluding carboxylic acids is 1. The van der Waals surface area contributed by atoms with Crippen molar-refractivity contribution in [2.24, 2.45) is 0 Å². The molecule has 1 saturated heterocycles. The molecule has 4 rings (SSSR count). The lowest BCUT2D eigenvalue weighted by Gasteiger charge is -2.48. The highest BCUT2D eigenvalue weighted by atomic mass is 31.2. The third-order valence-corrected chi connectivity index (χ3v) is 6.96. The van der Waals surface area contributed by atoms with Gasteiger partial charge >= 0.3 is 5.97 Å². The summed E-state index contributed by atoms with van der Waals surface area (Å²) in [6.45, 7) is 2.28. The first-order chi connectivity index (χ1) is 17.6. The molecule has 0 bridgehead atoms. The van der Waals surface area contributed by atoms with Crippen LogP contribution in [0.4, 0.5) is 0 Å². The molecule has 1 unspecified atom stereocenters. The first kappa shape index (κ1) is 26.4. The first-order valence-corrected chi connectivity index (χ1v) is 13.1. The number of carbonyl (C=O) groups is 1. The topological polar surface area (TPSA) is 86.3 Å². The number of rotatable bonds is 11. The Labute approximate surface area is 212 Å². The molecule has 0 aromatic heterocycles. The van der Waals surface area contributed by atoms with Crippen molar-refractivity contribution in [3.8, 4) is 0 Å². The van der Waals surface area contributed by atoms with Crippen molar-refractivity contribution in [2.45, 2.75) is 50.9 Å². The standard InChI is InChI=1S/C28H30O7P/c1-21(29)34-28-27(33-19-24-15-9-4-10-16-24)26(32-18-23-13-7-3-8-14-23)25(35-36(28)30)20-31-17-22-11-5-2-6-12-22/h2-16,25-28H,17-20H2,1H3/q-1/t25-,26-,27+,28+,36?/m1/s1. The van der Waals surface area contributed by atoms with Crippen LogP contribution in [0, 0.1) is 0 Å². The van der Waals surface area contributed by atoms with E-state index in [4.69, 9.17) is 23.5 Å². The van der Waals surface area contributed by atoms with Crippen LogP contribution < -0.4 is 4.89 Å². The zero-order chi connectivity index (χ0) is 25.2. The quantitative estimate of drug-likeness (QED) is 0.281. The maximum absolute atomic E-state index is 13.1. The fourth-order valence-corrected chi connectivity index (χ4v) is 5.23. The highest BCUT2D eigenvalue weighted by Crippen LogP contribution is 2.46. The summed E-state index contributed by atoms with van der Waals surface area (Å²) in [6, 6.07) is 29.1. The van der Waals surface area contributed by atoms with Crippen molar-refractivity contribution in [1.82, 2.24) is 0 Å². The molecule has 1 heterocycles. The molecule has 1 aliphatic heterocycles. The SMILES string of the molecule is CC(=O)O[C@@H]1[C@@H](OCc2ccccc2)[C@H](OCc2ccccc2)[C@@H](COCc2ccccc2)OP1[O-]. The van der Waals surface area contributed by atoms with E-state index < -0.39 is 38.5 Å². The van der Waals surface area contributed by atoms with Gasteiger partial charge in [-0.25, -0.2) is 0 Å². The number of hydrogen-bond donors (Lipinski definition) is 0. The van der Waals surface area contributed by atoms with Crippen molar-refractivity contribution in [3.05, 3.63) is 108 Å². The van der Waals surface area contributed by atoms with Crippen LogP contribution in [-0.2, 0) is 48.1 Å². The molecule has 0 N–H and O–H groups in total. The number of hydrogen-bond acceptors (Lipinski definition) is 7. The zero-order valence-corrected chi connectivity index (χ0v) is 21.0. The first-order valence-electron chi connectivity index (χ1n) is 11.8. The number of esters is 1. The van der Waals surface area contributed by atoms with Gasteiger partial charge in [-0.1, -0.05) is 91.0 Å². The van der Waals surface area contributed by atoms with Crippen molar-refractivity contribution < 1.29 is 33.2 Å². The normalized spacial score (nSPS) is 23.8. The summed E-state index contributed by atoms with van der Waals surface area (Å²) in [5.74, 6) is -1.67. The third-order valence-electron chi connectivity index (χ3n) is 5.67. The van der Waals surface area contributed by atoms with Gasteiger partial charge in [-0.2, -0.15) is 0 Å². The largest absolute Gasteiger partial charge is 0.805 e. The molecule has 5 atom stereocenters. The van der Waals surface area contributed by atoms with Gasteiger partial charge in [0.15, 0.2) is 5.85 Å². The minimum Gasteiger partial charge on any atom is -0.805 e. The van der Waals surface area contributed by atoms with E-state index in [-0.39, 0.29) is 19.8 Å². The molecule has 0 saturated carbocycles. The molecule has 8 heteroatoms. The molecule has 7 nitrogen and oxygen atoms in total. The lowest BCUT2D eigenvalue weighted by molar-refractivity contribution is -0.241. The number of ether oxygens (including phenoxy) is 4. The van der Waals surface area contributed by atoms with Crippen LogP contribution in [0.3, 0.4) is 0 Å². The van der Waals surface area contributed by atoms with Gasteiger partial charge in [0.25, 0.3) is 0 Å². The van der Waals surface area contributed by atoms with Crippen LogP contribution in [0.2, 0.25) is 0 Å². The van der Waals surface area contributed by atoms with Crippen LogP contribution in [-0.4, -0.2) is 36.7 Å². The predicted molar refractivity (Wildman–Crippen MR) is 133 cm³/mol. The van der Waals surface area contributed by atoms with Crippen LogP contribution in [0.1, 0.15) is 23.6 Å². The van der Waals surface area contributed by atoms with Gasteiger partial charge in [-0.15, -0.1) is 0 Å². The van der Waals surface area contributed by atoms with Crippen molar-refractivity contribution >= 4 is 14.3 Å². The predicted octanol–water partition coefficient (Wildman–Crippen LogP) is 4.33. The smallest absolute Gasteiger partial charge is 0.303 e. The van der Waals surface area contributed by atoms with E-state index >= 15 is 0 Å². The van der Waals surface area contributed by atoms with E-state index in [1.54, 1.807) is 0 Å². The van der Waals surface area contributed by atoms with Crippen LogP contribution >= 0.6 is 8.38 Å². The Morgan fingerprint density at radius 2 is 1.25 bits per heavy atom. The van der Waals surface area contributed by atoms with Crippen LogP contribution in [0.5, 0.6) is 0 Å². The Kier molecular flexibility index (Phi) is 9.99. The maximum atomic E-state index is 13.1. The van der Waals surface area contributed by atoms with Crippen molar-refractivity contribution in [3.63, 3.8) is 0 Å². The minimum atomic E-state index is -2.39. The summed E-state index contributed by atoms with van der Waals surface area (Å²) in [5, 5.41) is 0. The van der Waals surface area contributed by atoms with Gasteiger partial charge < -0.3 is 28.4 Å². The zero-order valence-electron chi connectivity index (χ0n) is 20.1. The Morgan fingerprint density at radius 3 is 1.75 bits per heavy atom. The van der Waals surface area contributed by atoms with E-state index in [9.17, 15) is 9.69 Å². The molecule has 1 fully saturated rings. The summed E-state index contributed by atoms with van der Waals surface area (Å²) >= 11 is 0. The third kappa shape index (κ3) is 7.68. The molecule has 0 amide bonds. The lowest BCUT2D eigenvalue weighted by atomic mass is 10.1. The summed E-state index contributed by atoms with van der Waals surface area (Å²) < 4.78 is 29.7. The molecular weight excluding hydrogens is 479 g/mol. The van der Waals surface area contributed by atoms with Crippen LogP contribution in [0.15, 0.2) is 91.0 Å². The van der Waals surface area contributed by atoms with Gasteiger partial charge in [0, 0.05) is 6.92 Å². The Balaban J connectivity index is 1.53. The maximum Gasteiger partial charge on any atom is 0.303 e. The minimum absolute atomic E-state index is 0.132. The molecule has 3 aromatic rings. The molecule has 3 aromatic carbocycles. The number of benzene rings is 3. The molecule has 0 spiro atoms. The average Bonchev–Trinajstić information content (AvgIpc) is 2.90. The molecule has 0 radical (unpaired) electrons. The van der Waals surface area contributed by atoms with E-state index in [2.05, 4.69) is 0 Å². The highest BCUT2D eigenvalue weighted by molar-refractivity contribution is 7.45. The Hall–Kier alpha value is -2.64. The average molecular weight is 510 g/mol. The molecular formula is C28H30O7P-. The summed E-state index contributed by atoms with van der Waals surface area (Å²) in [7, 11) is -2.39.